The van der Waals surface area contributed by atoms with Gasteiger partial charge in [0.05, 0.1) is 10.6 Å². The maximum atomic E-state index is 13.6. The first-order valence-corrected chi connectivity index (χ1v) is 6.27. The van der Waals surface area contributed by atoms with E-state index in [2.05, 4.69) is 10.1 Å². The lowest BCUT2D eigenvalue weighted by Crippen LogP contribution is -2.17. The van der Waals surface area contributed by atoms with Gasteiger partial charge >= 0.3 is 6.36 Å². The fourth-order valence-corrected chi connectivity index (χ4v) is 1.73. The van der Waals surface area contributed by atoms with Crippen molar-refractivity contribution >= 4 is 17.3 Å². The summed E-state index contributed by atoms with van der Waals surface area (Å²) in [6.07, 6.45) is -4.87. The van der Waals surface area contributed by atoms with Crippen molar-refractivity contribution < 1.29 is 32.0 Å². The molecule has 0 bridgehead atoms. The van der Waals surface area contributed by atoms with Crippen molar-refractivity contribution in [1.82, 2.24) is 0 Å². The van der Waals surface area contributed by atoms with Gasteiger partial charge < -0.3 is 10.1 Å². The third kappa shape index (κ3) is 4.41. The molecular weight excluding hydrogens is 336 g/mol. The molecule has 0 spiro atoms. The largest absolute Gasteiger partial charge is 0.573 e. The van der Waals surface area contributed by atoms with Crippen molar-refractivity contribution in [2.45, 2.75) is 6.36 Å². The van der Waals surface area contributed by atoms with Crippen molar-refractivity contribution in [3.05, 3.63) is 64.0 Å². The number of anilines is 1. The Morgan fingerprint density at radius 3 is 2.29 bits per heavy atom. The highest BCUT2D eigenvalue weighted by Gasteiger charge is 2.31. The van der Waals surface area contributed by atoms with Crippen molar-refractivity contribution in [2.75, 3.05) is 5.32 Å². The molecule has 10 heteroatoms. The van der Waals surface area contributed by atoms with Crippen LogP contribution >= 0.6 is 0 Å². The van der Waals surface area contributed by atoms with E-state index in [-0.39, 0.29) is 5.56 Å². The second kappa shape index (κ2) is 6.52. The van der Waals surface area contributed by atoms with Gasteiger partial charge in [0, 0.05) is 17.7 Å². The van der Waals surface area contributed by atoms with Crippen LogP contribution in [0.5, 0.6) is 5.75 Å². The highest BCUT2D eigenvalue weighted by molar-refractivity contribution is 6.04. The molecule has 24 heavy (non-hydrogen) atoms. The molecule has 2 rings (SSSR count). The molecule has 0 saturated heterocycles. The standard InChI is InChI=1S/C14H8F4N2O4/c15-11-6-3-9(20(22)23)7-12(11)19-13(21)8-1-4-10(5-2-8)24-14(16,17)18/h1-7H,(H,19,21). The number of rotatable bonds is 4. The van der Waals surface area contributed by atoms with Crippen molar-refractivity contribution in [1.29, 1.82) is 0 Å². The Kier molecular flexibility index (Phi) is 4.67. The molecule has 0 aliphatic rings. The number of nitro benzene ring substituents is 1. The van der Waals surface area contributed by atoms with Gasteiger partial charge in [0.1, 0.15) is 11.6 Å². The quantitative estimate of drug-likeness (QED) is 0.518. The lowest BCUT2D eigenvalue weighted by Gasteiger charge is -2.10. The van der Waals surface area contributed by atoms with Crippen LogP contribution in [-0.4, -0.2) is 17.2 Å². The molecule has 0 unspecified atom stereocenters. The summed E-state index contributed by atoms with van der Waals surface area (Å²) in [5, 5.41) is 12.7. The molecule has 0 fully saturated rings. The fraction of sp³-hybridized carbons (Fsp3) is 0.0714. The zero-order valence-electron chi connectivity index (χ0n) is 11.6. The summed E-state index contributed by atoms with van der Waals surface area (Å²) in [5.74, 6) is -2.28. The summed E-state index contributed by atoms with van der Waals surface area (Å²) in [7, 11) is 0. The van der Waals surface area contributed by atoms with Gasteiger partial charge in [0.15, 0.2) is 0 Å². The molecule has 2 aromatic carbocycles. The number of carbonyl (C=O) groups is 1. The summed E-state index contributed by atoms with van der Waals surface area (Å²) in [6.45, 7) is 0. The zero-order valence-corrected chi connectivity index (χ0v) is 11.6. The number of amides is 1. The highest BCUT2D eigenvalue weighted by atomic mass is 19.4. The number of nitrogens with zero attached hydrogens (tertiary/aromatic N) is 1. The van der Waals surface area contributed by atoms with Crippen LogP contribution in [0.25, 0.3) is 0 Å². The molecule has 1 N–H and O–H groups in total. The number of hydrogen-bond acceptors (Lipinski definition) is 4. The van der Waals surface area contributed by atoms with Crippen LogP contribution in [0.15, 0.2) is 42.5 Å². The first kappa shape index (κ1) is 17.2. The molecular formula is C14H8F4N2O4. The number of non-ortho nitro benzene ring substituents is 1. The predicted molar refractivity (Wildman–Crippen MR) is 74.1 cm³/mol. The summed E-state index contributed by atoms with van der Waals surface area (Å²) < 4.78 is 53.3. The Hall–Kier alpha value is -3.17. The zero-order chi connectivity index (χ0) is 17.9. The van der Waals surface area contributed by atoms with Gasteiger partial charge in [-0.3, -0.25) is 14.9 Å². The van der Waals surface area contributed by atoms with Crippen LogP contribution in [0.3, 0.4) is 0 Å². The minimum absolute atomic E-state index is 0.0876. The smallest absolute Gasteiger partial charge is 0.406 e. The minimum atomic E-state index is -4.87. The molecule has 126 valence electrons. The molecule has 1 amide bonds. The molecule has 0 saturated carbocycles. The van der Waals surface area contributed by atoms with E-state index < -0.39 is 40.1 Å². The van der Waals surface area contributed by atoms with Crippen LogP contribution in [0.2, 0.25) is 0 Å². The Morgan fingerprint density at radius 2 is 1.75 bits per heavy atom. The topological polar surface area (TPSA) is 81.5 Å². The van der Waals surface area contributed by atoms with E-state index in [1.165, 1.54) is 0 Å². The Labute approximate surface area is 131 Å². The van der Waals surface area contributed by atoms with Crippen molar-refractivity contribution in [2.24, 2.45) is 0 Å². The third-order valence-corrected chi connectivity index (χ3v) is 2.76. The SMILES string of the molecule is O=C(Nc1cc([N+](=O)[O-])ccc1F)c1ccc(OC(F)(F)F)cc1. The van der Waals surface area contributed by atoms with E-state index in [0.717, 1.165) is 42.5 Å². The fourth-order valence-electron chi connectivity index (χ4n) is 1.73. The molecule has 0 atom stereocenters. The molecule has 0 aliphatic heterocycles. The van der Waals surface area contributed by atoms with Gasteiger partial charge in [-0.15, -0.1) is 13.2 Å². The molecule has 0 heterocycles. The number of nitro groups is 1. The third-order valence-electron chi connectivity index (χ3n) is 2.76. The monoisotopic (exact) mass is 344 g/mol. The maximum absolute atomic E-state index is 13.6. The van der Waals surface area contributed by atoms with Crippen molar-refractivity contribution in [3.8, 4) is 5.75 Å². The van der Waals surface area contributed by atoms with Gasteiger partial charge in [-0.25, -0.2) is 4.39 Å². The average molecular weight is 344 g/mol. The average Bonchev–Trinajstić information content (AvgIpc) is 2.48. The molecule has 6 nitrogen and oxygen atoms in total. The van der Waals surface area contributed by atoms with E-state index in [0.29, 0.717) is 0 Å². The number of carbonyl (C=O) groups excluding carboxylic acids is 1. The Balaban J connectivity index is 2.15. The molecule has 0 aliphatic carbocycles. The molecule has 2 aromatic rings. The van der Waals surface area contributed by atoms with Gasteiger partial charge in [0.25, 0.3) is 11.6 Å². The second-order valence-electron chi connectivity index (χ2n) is 4.45. The number of nitrogens with one attached hydrogen (secondary N) is 1. The highest BCUT2D eigenvalue weighted by Crippen LogP contribution is 2.24. The van der Waals surface area contributed by atoms with Crippen LogP contribution < -0.4 is 10.1 Å². The first-order valence-electron chi connectivity index (χ1n) is 6.27. The number of benzene rings is 2. The summed E-state index contributed by atoms with van der Waals surface area (Å²) in [6, 6.07) is 6.45. The second-order valence-corrected chi connectivity index (χ2v) is 4.45. The van der Waals surface area contributed by atoms with Crippen LogP contribution in [0, 0.1) is 15.9 Å². The lowest BCUT2D eigenvalue weighted by atomic mass is 10.2. The normalized spacial score (nSPS) is 11.0. The van der Waals surface area contributed by atoms with Crippen LogP contribution in [0.1, 0.15) is 10.4 Å². The van der Waals surface area contributed by atoms with E-state index in [1.54, 1.807) is 0 Å². The number of hydrogen-bond donors (Lipinski definition) is 1. The number of alkyl halides is 3. The Morgan fingerprint density at radius 1 is 1.12 bits per heavy atom. The van der Waals surface area contributed by atoms with Crippen LogP contribution in [0.4, 0.5) is 28.9 Å². The number of halogens is 4. The van der Waals surface area contributed by atoms with Gasteiger partial charge in [-0.05, 0) is 30.3 Å². The first-order chi connectivity index (χ1) is 11.2. The summed E-state index contributed by atoms with van der Waals surface area (Å²) >= 11 is 0. The molecule has 0 radical (unpaired) electrons. The summed E-state index contributed by atoms with van der Waals surface area (Å²) in [4.78, 5) is 21.8. The van der Waals surface area contributed by atoms with E-state index in [1.807, 2.05) is 0 Å². The summed E-state index contributed by atoms with van der Waals surface area (Å²) in [5.41, 5.74) is -0.944. The van der Waals surface area contributed by atoms with Gasteiger partial charge in [-0.2, -0.15) is 0 Å². The van der Waals surface area contributed by atoms with E-state index >= 15 is 0 Å². The molecule has 0 aromatic heterocycles. The lowest BCUT2D eigenvalue weighted by molar-refractivity contribution is -0.384. The minimum Gasteiger partial charge on any atom is -0.406 e. The van der Waals surface area contributed by atoms with Gasteiger partial charge in [0.2, 0.25) is 0 Å². The number of ether oxygens (including phenoxy) is 1. The van der Waals surface area contributed by atoms with E-state index in [4.69, 9.17) is 0 Å². The van der Waals surface area contributed by atoms with Gasteiger partial charge in [-0.1, -0.05) is 0 Å². The van der Waals surface area contributed by atoms with Crippen molar-refractivity contribution in [3.63, 3.8) is 0 Å². The Bertz CT molecular complexity index is 775. The van der Waals surface area contributed by atoms with E-state index in [9.17, 15) is 32.5 Å². The predicted octanol–water partition coefficient (Wildman–Crippen LogP) is 3.88. The van der Waals surface area contributed by atoms with Crippen LogP contribution in [-0.2, 0) is 0 Å². The maximum Gasteiger partial charge on any atom is 0.573 e.